The number of halogens is 1. The first-order valence-corrected chi connectivity index (χ1v) is 7.21. The average molecular weight is 320 g/mol. The number of H-pyrrole nitrogens is 1. The number of benzene rings is 1. The van der Waals surface area contributed by atoms with Crippen molar-refractivity contribution >= 4 is 32.8 Å². The van der Waals surface area contributed by atoms with Gasteiger partial charge in [0.05, 0.1) is 6.61 Å². The molecule has 1 N–H and O–H groups in total. The lowest BCUT2D eigenvalue weighted by molar-refractivity contribution is 0.0520. The molecule has 0 unspecified atom stereocenters. The minimum atomic E-state index is -0.328. The summed E-state index contributed by atoms with van der Waals surface area (Å²) in [6.45, 7) is 2.16. The van der Waals surface area contributed by atoms with Crippen LogP contribution in [-0.4, -0.2) is 22.9 Å². The molecule has 0 amide bonds. The van der Waals surface area contributed by atoms with Gasteiger partial charge in [-0.2, -0.15) is 0 Å². The van der Waals surface area contributed by atoms with Gasteiger partial charge in [0.15, 0.2) is 0 Å². The van der Waals surface area contributed by atoms with E-state index in [4.69, 9.17) is 4.74 Å². The van der Waals surface area contributed by atoms with Crippen LogP contribution >= 0.6 is 15.9 Å². The number of aromatic amines is 1. The van der Waals surface area contributed by atoms with E-state index in [-0.39, 0.29) is 5.97 Å². The number of esters is 1. The van der Waals surface area contributed by atoms with Crippen LogP contribution in [0, 0.1) is 11.8 Å². The van der Waals surface area contributed by atoms with Crippen molar-refractivity contribution in [3.8, 4) is 11.8 Å². The van der Waals surface area contributed by atoms with Crippen molar-refractivity contribution < 1.29 is 9.53 Å². The maximum Gasteiger partial charge on any atom is 0.354 e. The molecule has 0 saturated carbocycles. The van der Waals surface area contributed by atoms with E-state index in [9.17, 15) is 4.79 Å². The second-order valence-corrected chi connectivity index (χ2v) is 4.74. The van der Waals surface area contributed by atoms with Crippen molar-refractivity contribution in [2.24, 2.45) is 0 Å². The number of carbonyl (C=O) groups is 1. The van der Waals surface area contributed by atoms with E-state index in [2.05, 4.69) is 32.8 Å². The number of nitrogens with one attached hydrogen (secondary N) is 1. The van der Waals surface area contributed by atoms with Crippen molar-refractivity contribution in [1.82, 2.24) is 4.98 Å². The summed E-state index contributed by atoms with van der Waals surface area (Å²) < 4.78 is 4.96. The van der Waals surface area contributed by atoms with Crippen LogP contribution in [0.25, 0.3) is 10.9 Å². The van der Waals surface area contributed by atoms with E-state index >= 15 is 0 Å². The zero-order chi connectivity index (χ0) is 13.7. The van der Waals surface area contributed by atoms with Gasteiger partial charge < -0.3 is 9.72 Å². The first kappa shape index (κ1) is 13.7. The number of hydrogen-bond acceptors (Lipinski definition) is 2. The van der Waals surface area contributed by atoms with Crippen LogP contribution in [0.3, 0.4) is 0 Å². The van der Waals surface area contributed by atoms with E-state index < -0.39 is 0 Å². The van der Waals surface area contributed by atoms with Gasteiger partial charge in [-0.3, -0.25) is 0 Å². The summed E-state index contributed by atoms with van der Waals surface area (Å²) in [6.07, 6.45) is 0.816. The van der Waals surface area contributed by atoms with Gasteiger partial charge in [-0.05, 0) is 25.1 Å². The molecular weight excluding hydrogens is 306 g/mol. The Kier molecular flexibility index (Phi) is 4.64. The largest absolute Gasteiger partial charge is 0.461 e. The van der Waals surface area contributed by atoms with Crippen LogP contribution in [-0.2, 0) is 4.74 Å². The highest BCUT2D eigenvalue weighted by Crippen LogP contribution is 2.17. The number of hydrogen-bond donors (Lipinski definition) is 1. The van der Waals surface area contributed by atoms with E-state index in [1.54, 1.807) is 13.0 Å². The minimum Gasteiger partial charge on any atom is -0.461 e. The Balaban J connectivity index is 2.29. The number of carbonyl (C=O) groups excluding carboxylic acids is 1. The lowest BCUT2D eigenvalue weighted by Crippen LogP contribution is -2.04. The SMILES string of the molecule is CCOC(=O)c1cc2ccc(C#CCCBr)cc2[nH]1. The highest BCUT2D eigenvalue weighted by Gasteiger charge is 2.09. The van der Waals surface area contributed by atoms with Gasteiger partial charge in [0.1, 0.15) is 5.69 Å². The van der Waals surface area contributed by atoms with E-state index in [1.165, 1.54) is 0 Å². The van der Waals surface area contributed by atoms with Crippen LogP contribution < -0.4 is 0 Å². The number of aromatic nitrogens is 1. The summed E-state index contributed by atoms with van der Waals surface area (Å²) >= 11 is 3.34. The predicted octanol–water partition coefficient (Wildman–Crippen LogP) is 3.48. The van der Waals surface area contributed by atoms with Crippen LogP contribution in [0.15, 0.2) is 24.3 Å². The summed E-state index contributed by atoms with van der Waals surface area (Å²) in [6, 6.07) is 7.64. The molecule has 0 radical (unpaired) electrons. The molecule has 0 saturated heterocycles. The normalized spacial score (nSPS) is 10.0. The topological polar surface area (TPSA) is 42.1 Å². The lowest BCUT2D eigenvalue weighted by Gasteiger charge is -1.96. The number of rotatable bonds is 3. The molecule has 2 aromatic rings. The fourth-order valence-electron chi connectivity index (χ4n) is 1.74. The smallest absolute Gasteiger partial charge is 0.354 e. The third kappa shape index (κ3) is 3.39. The molecular formula is C15H14BrNO2. The summed E-state index contributed by atoms with van der Waals surface area (Å²) in [4.78, 5) is 14.7. The van der Waals surface area contributed by atoms with Gasteiger partial charge >= 0.3 is 5.97 Å². The Bertz CT molecular complexity index is 649. The van der Waals surface area contributed by atoms with E-state index in [0.717, 1.165) is 28.2 Å². The highest BCUT2D eigenvalue weighted by atomic mass is 79.9. The highest BCUT2D eigenvalue weighted by molar-refractivity contribution is 9.09. The Morgan fingerprint density at radius 2 is 2.26 bits per heavy atom. The van der Waals surface area contributed by atoms with Crippen LogP contribution in [0.1, 0.15) is 29.4 Å². The second kappa shape index (κ2) is 6.44. The molecule has 0 spiro atoms. The molecule has 2 rings (SSSR count). The van der Waals surface area contributed by atoms with E-state index in [0.29, 0.717) is 12.3 Å². The third-order valence-corrected chi connectivity index (χ3v) is 2.97. The van der Waals surface area contributed by atoms with Crippen molar-refractivity contribution in [2.75, 3.05) is 11.9 Å². The number of ether oxygens (including phenoxy) is 1. The van der Waals surface area contributed by atoms with Gasteiger partial charge in [-0.15, -0.1) is 0 Å². The fraction of sp³-hybridized carbons (Fsp3) is 0.267. The molecule has 0 aliphatic rings. The Morgan fingerprint density at radius 3 is 3.00 bits per heavy atom. The number of alkyl halides is 1. The maximum absolute atomic E-state index is 11.6. The fourth-order valence-corrected chi connectivity index (χ4v) is 1.93. The summed E-state index contributed by atoms with van der Waals surface area (Å²) in [5, 5.41) is 1.85. The molecule has 0 bridgehead atoms. The zero-order valence-corrected chi connectivity index (χ0v) is 12.2. The quantitative estimate of drug-likeness (QED) is 0.534. The molecule has 0 aliphatic carbocycles. The summed E-state index contributed by atoms with van der Waals surface area (Å²) in [5.74, 6) is 5.82. The lowest BCUT2D eigenvalue weighted by atomic mass is 10.1. The molecule has 0 fully saturated rings. The monoisotopic (exact) mass is 319 g/mol. The van der Waals surface area contributed by atoms with Gasteiger partial charge in [0.2, 0.25) is 0 Å². The molecule has 4 heteroatoms. The maximum atomic E-state index is 11.6. The predicted molar refractivity (Wildman–Crippen MR) is 79.5 cm³/mol. The molecule has 98 valence electrons. The van der Waals surface area contributed by atoms with Gasteiger partial charge in [-0.25, -0.2) is 4.79 Å². The zero-order valence-electron chi connectivity index (χ0n) is 10.6. The molecule has 0 aliphatic heterocycles. The molecule has 1 aromatic carbocycles. The molecule has 1 heterocycles. The van der Waals surface area contributed by atoms with Crippen molar-refractivity contribution in [2.45, 2.75) is 13.3 Å². The Morgan fingerprint density at radius 1 is 1.42 bits per heavy atom. The molecule has 3 nitrogen and oxygen atoms in total. The van der Waals surface area contributed by atoms with Crippen LogP contribution in [0.5, 0.6) is 0 Å². The standard InChI is InChI=1S/C15H14BrNO2/c1-2-19-15(18)14-10-12-7-6-11(5-3-4-8-16)9-13(12)17-14/h6-7,9-10,17H,2,4,8H2,1H3. The minimum absolute atomic E-state index is 0.328. The molecule has 0 atom stereocenters. The Hall–Kier alpha value is -1.73. The Labute approximate surface area is 120 Å². The first-order valence-electron chi connectivity index (χ1n) is 6.09. The third-order valence-electron chi connectivity index (χ3n) is 2.57. The van der Waals surface area contributed by atoms with Gasteiger partial charge in [0.25, 0.3) is 0 Å². The number of fused-ring (bicyclic) bond motifs is 1. The van der Waals surface area contributed by atoms with Crippen molar-refractivity contribution in [3.05, 3.63) is 35.5 Å². The first-order chi connectivity index (χ1) is 9.24. The molecule has 19 heavy (non-hydrogen) atoms. The molecule has 1 aromatic heterocycles. The van der Waals surface area contributed by atoms with Crippen LogP contribution in [0.2, 0.25) is 0 Å². The van der Waals surface area contributed by atoms with Crippen LogP contribution in [0.4, 0.5) is 0 Å². The van der Waals surface area contributed by atoms with Gasteiger partial charge in [0, 0.05) is 28.2 Å². The second-order valence-electron chi connectivity index (χ2n) is 3.95. The van der Waals surface area contributed by atoms with Crippen molar-refractivity contribution in [3.63, 3.8) is 0 Å². The average Bonchev–Trinajstić information content (AvgIpc) is 2.82. The summed E-state index contributed by atoms with van der Waals surface area (Å²) in [5.41, 5.74) is 2.31. The summed E-state index contributed by atoms with van der Waals surface area (Å²) in [7, 11) is 0. The van der Waals surface area contributed by atoms with Crippen molar-refractivity contribution in [1.29, 1.82) is 0 Å². The van der Waals surface area contributed by atoms with E-state index in [1.807, 2.05) is 18.2 Å². The van der Waals surface area contributed by atoms with Gasteiger partial charge in [-0.1, -0.05) is 33.8 Å².